The van der Waals surface area contributed by atoms with Crippen LogP contribution in [-0.2, 0) is 6.42 Å². The minimum absolute atomic E-state index is 0.307. The Morgan fingerprint density at radius 3 is 2.67 bits per heavy atom. The van der Waals surface area contributed by atoms with Gasteiger partial charge >= 0.3 is 0 Å². The zero-order valence-corrected chi connectivity index (χ0v) is 13.0. The molecule has 3 nitrogen and oxygen atoms in total. The van der Waals surface area contributed by atoms with Crippen LogP contribution in [0.2, 0.25) is 0 Å². The van der Waals surface area contributed by atoms with Crippen LogP contribution in [0.4, 0.5) is 0 Å². The van der Waals surface area contributed by atoms with Crippen molar-refractivity contribution in [2.24, 2.45) is 5.92 Å². The highest BCUT2D eigenvalue weighted by atomic mass is 15.3. The molecule has 1 aromatic carbocycles. The summed E-state index contributed by atoms with van der Waals surface area (Å²) in [5.74, 6) is 0.735. The van der Waals surface area contributed by atoms with Crippen molar-refractivity contribution < 1.29 is 0 Å². The van der Waals surface area contributed by atoms with Gasteiger partial charge in [0.2, 0.25) is 0 Å². The SMILES string of the molecule is CC(C)CC1(Cc2ccc(-n3cccn3)cc2)CCCN1. The molecule has 3 heteroatoms. The molecule has 112 valence electrons. The van der Waals surface area contributed by atoms with E-state index < -0.39 is 0 Å². The van der Waals surface area contributed by atoms with Crippen LogP contribution in [-0.4, -0.2) is 21.9 Å². The fourth-order valence-corrected chi connectivity index (χ4v) is 3.63. The van der Waals surface area contributed by atoms with Gasteiger partial charge in [-0.25, -0.2) is 4.68 Å². The van der Waals surface area contributed by atoms with E-state index in [2.05, 4.69) is 48.5 Å². The van der Waals surface area contributed by atoms with Crippen molar-refractivity contribution in [3.63, 3.8) is 0 Å². The molecule has 0 bridgehead atoms. The third kappa shape index (κ3) is 3.35. The number of rotatable bonds is 5. The topological polar surface area (TPSA) is 29.9 Å². The average molecular weight is 283 g/mol. The molecule has 1 aliphatic rings. The van der Waals surface area contributed by atoms with E-state index >= 15 is 0 Å². The van der Waals surface area contributed by atoms with Crippen molar-refractivity contribution >= 4 is 0 Å². The van der Waals surface area contributed by atoms with Gasteiger partial charge in [-0.3, -0.25) is 0 Å². The van der Waals surface area contributed by atoms with Gasteiger partial charge < -0.3 is 5.32 Å². The summed E-state index contributed by atoms with van der Waals surface area (Å²) >= 11 is 0. The summed E-state index contributed by atoms with van der Waals surface area (Å²) in [6.45, 7) is 5.81. The zero-order chi connectivity index (χ0) is 14.7. The first kappa shape index (κ1) is 14.3. The highest BCUT2D eigenvalue weighted by Gasteiger charge is 2.33. The van der Waals surface area contributed by atoms with Crippen LogP contribution in [0.3, 0.4) is 0 Å². The Labute approximate surface area is 127 Å². The van der Waals surface area contributed by atoms with Crippen molar-refractivity contribution in [3.8, 4) is 5.69 Å². The molecule has 2 aromatic rings. The lowest BCUT2D eigenvalue weighted by Crippen LogP contribution is -2.43. The molecule has 1 aliphatic heterocycles. The van der Waals surface area contributed by atoms with Crippen molar-refractivity contribution in [1.29, 1.82) is 0 Å². The summed E-state index contributed by atoms with van der Waals surface area (Å²) in [5.41, 5.74) is 2.85. The van der Waals surface area contributed by atoms with E-state index in [1.807, 2.05) is 23.1 Å². The van der Waals surface area contributed by atoms with Gasteiger partial charge in [0.05, 0.1) is 5.69 Å². The fraction of sp³-hybridized carbons (Fsp3) is 0.500. The number of benzene rings is 1. The lowest BCUT2D eigenvalue weighted by molar-refractivity contribution is 0.301. The van der Waals surface area contributed by atoms with E-state index in [1.54, 1.807) is 0 Å². The smallest absolute Gasteiger partial charge is 0.0645 e. The van der Waals surface area contributed by atoms with E-state index in [0.29, 0.717) is 5.54 Å². The van der Waals surface area contributed by atoms with Gasteiger partial charge in [0.1, 0.15) is 0 Å². The normalized spacial score (nSPS) is 22.0. The Morgan fingerprint density at radius 1 is 1.29 bits per heavy atom. The Bertz CT molecular complexity index is 549. The number of hydrogen-bond donors (Lipinski definition) is 1. The molecule has 0 amide bonds. The second-order valence-electron chi connectivity index (χ2n) is 6.70. The van der Waals surface area contributed by atoms with Crippen LogP contribution in [0.15, 0.2) is 42.7 Å². The molecule has 1 unspecified atom stereocenters. The predicted octanol–water partition coefficient (Wildman–Crippen LogP) is 3.58. The van der Waals surface area contributed by atoms with Crippen molar-refractivity contribution in [1.82, 2.24) is 15.1 Å². The van der Waals surface area contributed by atoms with Crippen LogP contribution in [0.1, 0.15) is 38.7 Å². The maximum atomic E-state index is 4.28. The molecule has 1 fully saturated rings. The Morgan fingerprint density at radius 2 is 2.10 bits per heavy atom. The number of nitrogens with zero attached hydrogens (tertiary/aromatic N) is 2. The van der Waals surface area contributed by atoms with Crippen LogP contribution in [0, 0.1) is 5.92 Å². The summed E-state index contributed by atoms with van der Waals surface area (Å²) in [5, 5.41) is 8.05. The largest absolute Gasteiger partial charge is 0.311 e. The zero-order valence-electron chi connectivity index (χ0n) is 13.0. The minimum Gasteiger partial charge on any atom is -0.311 e. The highest BCUT2D eigenvalue weighted by molar-refractivity contribution is 5.34. The second kappa shape index (κ2) is 6.02. The van der Waals surface area contributed by atoms with Crippen LogP contribution in [0.25, 0.3) is 5.69 Å². The summed E-state index contributed by atoms with van der Waals surface area (Å²) < 4.78 is 1.90. The number of aromatic nitrogens is 2. The molecule has 0 radical (unpaired) electrons. The fourth-order valence-electron chi connectivity index (χ4n) is 3.63. The van der Waals surface area contributed by atoms with Gasteiger partial charge in [-0.15, -0.1) is 0 Å². The van der Waals surface area contributed by atoms with Crippen LogP contribution >= 0.6 is 0 Å². The van der Waals surface area contributed by atoms with E-state index in [4.69, 9.17) is 0 Å². The third-order valence-corrected chi connectivity index (χ3v) is 4.38. The summed E-state index contributed by atoms with van der Waals surface area (Å²) in [4.78, 5) is 0. The van der Waals surface area contributed by atoms with E-state index in [9.17, 15) is 0 Å². The van der Waals surface area contributed by atoms with E-state index in [-0.39, 0.29) is 0 Å². The maximum absolute atomic E-state index is 4.28. The molecular weight excluding hydrogens is 258 g/mol. The lowest BCUT2D eigenvalue weighted by Gasteiger charge is -2.31. The molecule has 21 heavy (non-hydrogen) atoms. The minimum atomic E-state index is 0.307. The molecule has 1 N–H and O–H groups in total. The second-order valence-corrected chi connectivity index (χ2v) is 6.70. The maximum Gasteiger partial charge on any atom is 0.0645 e. The van der Waals surface area contributed by atoms with Crippen molar-refractivity contribution in [3.05, 3.63) is 48.3 Å². The molecule has 1 atom stereocenters. The summed E-state index contributed by atoms with van der Waals surface area (Å²) in [6.07, 6.45) is 8.78. The van der Waals surface area contributed by atoms with E-state index in [0.717, 1.165) is 24.6 Å². The molecule has 3 rings (SSSR count). The monoisotopic (exact) mass is 283 g/mol. The van der Waals surface area contributed by atoms with Crippen LogP contribution in [0.5, 0.6) is 0 Å². The molecule has 0 aliphatic carbocycles. The lowest BCUT2D eigenvalue weighted by atomic mass is 9.82. The summed E-state index contributed by atoms with van der Waals surface area (Å²) in [6, 6.07) is 10.8. The van der Waals surface area contributed by atoms with Gasteiger partial charge in [-0.2, -0.15) is 5.10 Å². The van der Waals surface area contributed by atoms with Crippen molar-refractivity contribution in [2.75, 3.05) is 6.54 Å². The third-order valence-electron chi connectivity index (χ3n) is 4.38. The van der Waals surface area contributed by atoms with Gasteiger partial charge in [0, 0.05) is 17.9 Å². The van der Waals surface area contributed by atoms with Gasteiger partial charge in [0.15, 0.2) is 0 Å². The van der Waals surface area contributed by atoms with E-state index in [1.165, 1.54) is 24.8 Å². The van der Waals surface area contributed by atoms with Crippen LogP contribution < -0.4 is 5.32 Å². The average Bonchev–Trinajstić information content (AvgIpc) is 3.11. The molecule has 1 saturated heterocycles. The van der Waals surface area contributed by atoms with Crippen molar-refractivity contribution in [2.45, 2.75) is 45.1 Å². The summed E-state index contributed by atoms with van der Waals surface area (Å²) in [7, 11) is 0. The molecule has 2 heterocycles. The Hall–Kier alpha value is -1.61. The Kier molecular flexibility index (Phi) is 4.11. The first-order valence-electron chi connectivity index (χ1n) is 8.01. The Balaban J connectivity index is 1.74. The molecule has 1 aromatic heterocycles. The predicted molar refractivity (Wildman–Crippen MR) is 86.7 cm³/mol. The number of nitrogens with one attached hydrogen (secondary N) is 1. The first-order valence-corrected chi connectivity index (χ1v) is 8.01. The quantitative estimate of drug-likeness (QED) is 0.909. The molecular formula is C18H25N3. The molecule has 0 saturated carbocycles. The van der Waals surface area contributed by atoms with Gasteiger partial charge in [-0.1, -0.05) is 26.0 Å². The standard InChI is InChI=1S/C18H25N3/c1-15(2)13-18(9-3-10-19-18)14-16-5-7-17(8-6-16)21-12-4-11-20-21/h4-8,11-12,15,19H,3,9-10,13-14H2,1-2H3. The van der Waals surface area contributed by atoms with Gasteiger partial charge in [0.25, 0.3) is 0 Å². The van der Waals surface area contributed by atoms with Gasteiger partial charge in [-0.05, 0) is 61.9 Å². The number of hydrogen-bond acceptors (Lipinski definition) is 2. The first-order chi connectivity index (χ1) is 10.2. The molecule has 0 spiro atoms. The highest BCUT2D eigenvalue weighted by Crippen LogP contribution is 2.30.